The number of nitrogens with zero attached hydrogens (tertiary/aromatic N) is 5. The fourth-order valence-electron chi connectivity index (χ4n) is 3.40. The van der Waals surface area contributed by atoms with Crippen LogP contribution >= 0.6 is 0 Å². The maximum atomic E-state index is 11.5. The third-order valence-corrected chi connectivity index (χ3v) is 5.05. The highest BCUT2D eigenvalue weighted by Gasteiger charge is 2.23. The number of fused-ring (bicyclic) bond motifs is 1. The third-order valence-electron chi connectivity index (χ3n) is 5.05. The van der Waals surface area contributed by atoms with Crippen LogP contribution in [0.3, 0.4) is 0 Å². The van der Waals surface area contributed by atoms with Gasteiger partial charge in [0.1, 0.15) is 6.61 Å². The zero-order chi connectivity index (χ0) is 22.0. The van der Waals surface area contributed by atoms with E-state index in [1.54, 1.807) is 29.1 Å². The molecule has 31 heavy (non-hydrogen) atoms. The van der Waals surface area contributed by atoms with Crippen molar-refractivity contribution in [3.8, 4) is 5.88 Å². The highest BCUT2D eigenvalue weighted by Crippen LogP contribution is 2.32. The predicted octanol–water partition coefficient (Wildman–Crippen LogP) is 2.96. The lowest BCUT2D eigenvalue weighted by Gasteiger charge is -2.16. The number of imidazole rings is 1. The van der Waals surface area contributed by atoms with Crippen molar-refractivity contribution in [2.45, 2.75) is 26.1 Å². The third kappa shape index (κ3) is 4.01. The summed E-state index contributed by atoms with van der Waals surface area (Å²) >= 11 is 0. The number of nitro groups is 1. The van der Waals surface area contributed by atoms with E-state index < -0.39 is 11.0 Å². The second-order valence-corrected chi connectivity index (χ2v) is 7.01. The maximum absolute atomic E-state index is 11.5. The van der Waals surface area contributed by atoms with Gasteiger partial charge in [-0.15, -0.1) is 0 Å². The first-order valence-electron chi connectivity index (χ1n) is 9.62. The fourth-order valence-corrected chi connectivity index (χ4v) is 3.40. The van der Waals surface area contributed by atoms with Crippen molar-refractivity contribution in [3.63, 3.8) is 0 Å². The summed E-state index contributed by atoms with van der Waals surface area (Å²) in [5.74, 6) is 0.290. The molecule has 0 aliphatic heterocycles. The zero-order valence-corrected chi connectivity index (χ0v) is 16.8. The van der Waals surface area contributed by atoms with Crippen LogP contribution in [0, 0.1) is 10.1 Å². The number of nitro benzene ring substituents is 1. The summed E-state index contributed by atoms with van der Waals surface area (Å²) in [6, 6.07) is 13.9. The topological polar surface area (TPSA) is 148 Å². The molecule has 0 saturated heterocycles. The molecule has 158 valence electrons. The van der Waals surface area contributed by atoms with E-state index in [0.717, 1.165) is 11.1 Å². The molecule has 4 aromatic rings. The van der Waals surface area contributed by atoms with Crippen LogP contribution in [0.4, 0.5) is 11.6 Å². The Morgan fingerprint density at radius 2 is 1.84 bits per heavy atom. The van der Waals surface area contributed by atoms with E-state index in [0.29, 0.717) is 23.3 Å². The Hall–Kier alpha value is -4.05. The lowest BCUT2D eigenvalue weighted by atomic mass is 10.1. The lowest BCUT2D eigenvalue weighted by Crippen LogP contribution is -2.10. The lowest BCUT2D eigenvalue weighted by molar-refractivity contribution is -0.385. The predicted molar refractivity (Wildman–Crippen MR) is 115 cm³/mol. The summed E-state index contributed by atoms with van der Waals surface area (Å²) < 4.78 is 7.72. The summed E-state index contributed by atoms with van der Waals surface area (Å²) in [6.07, 6.45) is 1.56. The van der Waals surface area contributed by atoms with Gasteiger partial charge in [-0.1, -0.05) is 42.5 Å². The summed E-state index contributed by atoms with van der Waals surface area (Å²) in [5.41, 5.74) is 14.9. The Morgan fingerprint density at radius 1 is 1.13 bits per heavy atom. The Morgan fingerprint density at radius 3 is 2.55 bits per heavy atom. The van der Waals surface area contributed by atoms with E-state index in [1.807, 2.05) is 31.2 Å². The number of ether oxygens (including phenoxy) is 1. The van der Waals surface area contributed by atoms with Crippen molar-refractivity contribution in [1.82, 2.24) is 19.5 Å². The van der Waals surface area contributed by atoms with Gasteiger partial charge in [-0.25, -0.2) is 4.98 Å². The number of hydrogen-bond donors (Lipinski definition) is 2. The molecule has 0 saturated carbocycles. The average Bonchev–Trinajstić information content (AvgIpc) is 3.21. The van der Waals surface area contributed by atoms with Gasteiger partial charge in [0.2, 0.25) is 11.8 Å². The van der Waals surface area contributed by atoms with Crippen molar-refractivity contribution in [1.29, 1.82) is 0 Å². The molecular formula is C21H21N7O3. The van der Waals surface area contributed by atoms with Gasteiger partial charge in [0.15, 0.2) is 11.2 Å². The second-order valence-electron chi connectivity index (χ2n) is 7.01. The van der Waals surface area contributed by atoms with E-state index in [4.69, 9.17) is 16.2 Å². The smallest absolute Gasteiger partial charge is 0.274 e. The van der Waals surface area contributed by atoms with Crippen LogP contribution in [0.25, 0.3) is 11.2 Å². The number of aromatic nitrogens is 4. The molecule has 0 fully saturated rings. The molecule has 0 bridgehead atoms. The number of nitrogen functional groups attached to an aromatic ring is 1. The number of nitrogens with two attached hydrogens (primary N) is 2. The molecule has 2 aromatic heterocycles. The van der Waals surface area contributed by atoms with Gasteiger partial charge in [-0.05, 0) is 18.1 Å². The Kier molecular flexibility index (Phi) is 5.46. The molecule has 0 aliphatic rings. The second kappa shape index (κ2) is 8.36. The van der Waals surface area contributed by atoms with E-state index >= 15 is 0 Å². The Balaban J connectivity index is 1.72. The van der Waals surface area contributed by atoms with Crippen LogP contribution in [0.15, 0.2) is 54.9 Å². The summed E-state index contributed by atoms with van der Waals surface area (Å²) in [5, 5.41) is 11.5. The van der Waals surface area contributed by atoms with Gasteiger partial charge in [0.05, 0.1) is 22.9 Å². The highest BCUT2D eigenvalue weighted by atomic mass is 16.6. The molecule has 0 spiro atoms. The largest absolute Gasteiger partial charge is 0.471 e. The monoisotopic (exact) mass is 419 g/mol. The normalized spacial score (nSPS) is 12.1. The van der Waals surface area contributed by atoms with Crippen LogP contribution in [-0.4, -0.2) is 24.4 Å². The number of para-hydroxylation sites is 1. The molecule has 1 unspecified atom stereocenters. The molecular weight excluding hydrogens is 398 g/mol. The molecule has 4 rings (SSSR count). The maximum Gasteiger partial charge on any atom is 0.274 e. The molecule has 10 nitrogen and oxygen atoms in total. The van der Waals surface area contributed by atoms with Gasteiger partial charge in [0, 0.05) is 12.6 Å². The first-order valence-corrected chi connectivity index (χ1v) is 9.62. The number of hydrogen-bond acceptors (Lipinski definition) is 8. The molecule has 2 aromatic carbocycles. The van der Waals surface area contributed by atoms with Gasteiger partial charge in [0.25, 0.3) is 5.69 Å². The van der Waals surface area contributed by atoms with Crippen LogP contribution in [0.5, 0.6) is 5.88 Å². The zero-order valence-electron chi connectivity index (χ0n) is 16.8. The van der Waals surface area contributed by atoms with Gasteiger partial charge >= 0.3 is 0 Å². The van der Waals surface area contributed by atoms with E-state index in [9.17, 15) is 10.1 Å². The first kappa shape index (κ1) is 20.2. The van der Waals surface area contributed by atoms with Crippen molar-refractivity contribution in [2.24, 2.45) is 5.73 Å². The molecule has 2 heterocycles. The van der Waals surface area contributed by atoms with Crippen molar-refractivity contribution in [2.75, 3.05) is 5.73 Å². The standard InChI is InChI=1S/C21H21N7O3/c1-13(16-4-2-3-5-17(16)28(29)30)27-12-24-19-18(27)20(26-21(23)25-19)31-11-15-8-6-14(10-22)7-9-15/h2-9,12-13H,10-11,22H2,1H3,(H2,23,25,26). The van der Waals surface area contributed by atoms with Crippen LogP contribution in [-0.2, 0) is 13.2 Å². The van der Waals surface area contributed by atoms with Crippen molar-refractivity contribution in [3.05, 3.63) is 81.7 Å². The summed E-state index contributed by atoms with van der Waals surface area (Å²) in [6.45, 7) is 2.56. The molecule has 0 aliphatic carbocycles. The quantitative estimate of drug-likeness (QED) is 0.343. The minimum atomic E-state index is -0.412. The van der Waals surface area contributed by atoms with E-state index in [-0.39, 0.29) is 24.1 Å². The Bertz CT molecular complexity index is 1240. The van der Waals surface area contributed by atoms with E-state index in [2.05, 4.69) is 15.0 Å². The molecule has 0 amide bonds. The average molecular weight is 419 g/mol. The molecule has 4 N–H and O–H groups in total. The highest BCUT2D eigenvalue weighted by molar-refractivity contribution is 5.78. The van der Waals surface area contributed by atoms with Crippen LogP contribution < -0.4 is 16.2 Å². The van der Waals surface area contributed by atoms with E-state index in [1.165, 1.54) is 6.07 Å². The van der Waals surface area contributed by atoms with Crippen LogP contribution in [0.1, 0.15) is 29.7 Å². The summed E-state index contributed by atoms with van der Waals surface area (Å²) in [4.78, 5) is 23.8. The summed E-state index contributed by atoms with van der Waals surface area (Å²) in [7, 11) is 0. The number of rotatable bonds is 7. The molecule has 1 atom stereocenters. The van der Waals surface area contributed by atoms with Gasteiger partial charge in [-0.2, -0.15) is 9.97 Å². The fraction of sp³-hybridized carbons (Fsp3) is 0.190. The number of anilines is 1. The SMILES string of the molecule is CC(c1ccccc1[N+](=O)[O-])n1cnc2nc(N)nc(OCc3ccc(CN)cc3)c21. The van der Waals surface area contributed by atoms with Gasteiger partial charge < -0.3 is 20.8 Å². The molecule has 10 heteroatoms. The van der Waals surface area contributed by atoms with Gasteiger partial charge in [-0.3, -0.25) is 10.1 Å². The van der Waals surface area contributed by atoms with Crippen LogP contribution in [0.2, 0.25) is 0 Å². The Labute approximate surface area is 177 Å². The minimum Gasteiger partial charge on any atom is -0.471 e. The minimum absolute atomic E-state index is 0.0238. The first-order chi connectivity index (χ1) is 15.0. The molecule has 0 radical (unpaired) electrons. The van der Waals surface area contributed by atoms with Crippen molar-refractivity contribution >= 4 is 22.8 Å². The van der Waals surface area contributed by atoms with Crippen molar-refractivity contribution < 1.29 is 9.66 Å². The number of benzene rings is 2.